The molecule has 3 aromatic rings. The lowest BCUT2D eigenvalue weighted by molar-refractivity contribution is -0.130. The standard InChI is InChI=1S/C16H12N2O4/c1-22-15-14(19)11(16(20)21)12-13-9(6-7-17-12)8-4-2-3-5-10(8)18(13)15/h2-7,15,19H,1H3,(H,20,21). The molecule has 0 radical (unpaired) electrons. The Morgan fingerprint density at radius 2 is 2.05 bits per heavy atom. The van der Waals surface area contributed by atoms with Crippen molar-refractivity contribution in [3.05, 3.63) is 48.0 Å². The Balaban J connectivity index is 2.26. The molecule has 6 nitrogen and oxygen atoms in total. The predicted molar refractivity (Wildman–Crippen MR) is 80.5 cm³/mol. The van der Waals surface area contributed by atoms with Crippen LogP contribution in [0.2, 0.25) is 0 Å². The van der Waals surface area contributed by atoms with Gasteiger partial charge in [0.25, 0.3) is 0 Å². The van der Waals surface area contributed by atoms with E-state index in [0.29, 0.717) is 5.52 Å². The van der Waals surface area contributed by atoms with Crippen LogP contribution in [-0.4, -0.2) is 32.8 Å². The van der Waals surface area contributed by atoms with Gasteiger partial charge in [0, 0.05) is 24.1 Å². The van der Waals surface area contributed by atoms with Gasteiger partial charge in [-0.2, -0.15) is 0 Å². The first kappa shape index (κ1) is 12.8. The summed E-state index contributed by atoms with van der Waals surface area (Å²) in [6.07, 6.45) is 0.669. The minimum atomic E-state index is -1.23. The van der Waals surface area contributed by atoms with E-state index in [1.54, 1.807) is 10.8 Å². The third-order valence-electron chi connectivity index (χ3n) is 4.02. The number of aromatic nitrogens is 2. The van der Waals surface area contributed by atoms with Crippen molar-refractivity contribution in [3.8, 4) is 0 Å². The van der Waals surface area contributed by atoms with Gasteiger partial charge < -0.3 is 19.5 Å². The Morgan fingerprint density at radius 3 is 2.77 bits per heavy atom. The maximum atomic E-state index is 11.6. The van der Waals surface area contributed by atoms with Crippen LogP contribution in [0.5, 0.6) is 0 Å². The summed E-state index contributed by atoms with van der Waals surface area (Å²) in [6, 6.07) is 9.50. The topological polar surface area (TPSA) is 84.6 Å². The molecule has 3 heterocycles. The van der Waals surface area contributed by atoms with Crippen LogP contribution >= 0.6 is 0 Å². The zero-order chi connectivity index (χ0) is 15.4. The third kappa shape index (κ3) is 1.42. The number of para-hydroxylation sites is 1. The maximum Gasteiger partial charge on any atom is 0.341 e. The van der Waals surface area contributed by atoms with E-state index in [2.05, 4.69) is 4.98 Å². The fraction of sp³-hybridized carbons (Fsp3) is 0.125. The molecule has 1 aliphatic rings. The second kappa shape index (κ2) is 4.32. The number of benzene rings is 1. The van der Waals surface area contributed by atoms with Crippen LogP contribution in [0.25, 0.3) is 27.4 Å². The number of hydrogen-bond donors (Lipinski definition) is 2. The summed E-state index contributed by atoms with van der Waals surface area (Å²) < 4.78 is 7.15. The van der Waals surface area contributed by atoms with E-state index >= 15 is 0 Å². The highest BCUT2D eigenvalue weighted by Crippen LogP contribution is 2.42. The summed E-state index contributed by atoms with van der Waals surface area (Å²) in [5.41, 5.74) is 1.56. The Bertz CT molecular complexity index is 971. The molecule has 6 heteroatoms. The monoisotopic (exact) mass is 296 g/mol. The van der Waals surface area contributed by atoms with Crippen LogP contribution in [0.4, 0.5) is 0 Å². The van der Waals surface area contributed by atoms with Gasteiger partial charge in [-0.1, -0.05) is 18.2 Å². The number of ether oxygens (including phenoxy) is 1. The van der Waals surface area contributed by atoms with Crippen molar-refractivity contribution >= 4 is 33.3 Å². The molecular formula is C16H12N2O4. The Hall–Kier alpha value is -2.86. The molecule has 0 bridgehead atoms. The van der Waals surface area contributed by atoms with Gasteiger partial charge in [-0.05, 0) is 12.1 Å². The van der Waals surface area contributed by atoms with Crippen molar-refractivity contribution in [2.45, 2.75) is 6.23 Å². The zero-order valence-corrected chi connectivity index (χ0v) is 11.6. The number of aliphatic carboxylic acids is 1. The van der Waals surface area contributed by atoms with Crippen molar-refractivity contribution in [2.75, 3.05) is 7.11 Å². The number of fused-ring (bicyclic) bond motifs is 3. The van der Waals surface area contributed by atoms with Crippen molar-refractivity contribution in [1.29, 1.82) is 0 Å². The van der Waals surface area contributed by atoms with Crippen molar-refractivity contribution in [2.24, 2.45) is 0 Å². The molecule has 0 amide bonds. The van der Waals surface area contributed by atoms with Crippen molar-refractivity contribution in [1.82, 2.24) is 9.55 Å². The number of methoxy groups -OCH3 is 1. The van der Waals surface area contributed by atoms with E-state index in [1.165, 1.54) is 7.11 Å². The first-order valence-electron chi connectivity index (χ1n) is 6.72. The summed E-state index contributed by atoms with van der Waals surface area (Å²) in [5, 5.41) is 21.7. The van der Waals surface area contributed by atoms with E-state index in [4.69, 9.17) is 4.74 Å². The molecule has 110 valence electrons. The lowest BCUT2D eigenvalue weighted by Gasteiger charge is -2.25. The minimum absolute atomic E-state index is 0.215. The fourth-order valence-corrected chi connectivity index (χ4v) is 3.17. The molecule has 0 spiro atoms. The highest BCUT2D eigenvalue weighted by molar-refractivity contribution is 6.22. The zero-order valence-electron chi connectivity index (χ0n) is 11.6. The third-order valence-corrected chi connectivity index (χ3v) is 4.02. The molecule has 2 aromatic heterocycles. The van der Waals surface area contributed by atoms with Gasteiger partial charge in [0.15, 0.2) is 12.0 Å². The number of nitrogens with zero attached hydrogens (tertiary/aromatic N) is 2. The Labute approximate surface area is 124 Å². The van der Waals surface area contributed by atoms with Crippen LogP contribution in [0.15, 0.2) is 42.3 Å². The smallest absolute Gasteiger partial charge is 0.341 e. The van der Waals surface area contributed by atoms with Crippen LogP contribution in [-0.2, 0) is 9.53 Å². The highest BCUT2D eigenvalue weighted by atomic mass is 16.5. The molecule has 4 rings (SSSR count). The number of aliphatic hydroxyl groups is 1. The summed E-state index contributed by atoms with van der Waals surface area (Å²) in [7, 11) is 1.43. The molecule has 1 aliphatic heterocycles. The summed E-state index contributed by atoms with van der Waals surface area (Å²) in [6.45, 7) is 0. The molecule has 1 aromatic carbocycles. The molecule has 0 aliphatic carbocycles. The summed E-state index contributed by atoms with van der Waals surface area (Å²) in [4.78, 5) is 15.7. The molecule has 0 fully saturated rings. The van der Waals surface area contributed by atoms with Crippen molar-refractivity contribution in [3.63, 3.8) is 0 Å². The molecule has 0 saturated carbocycles. The SMILES string of the molecule is COC1C(O)=C(C(=O)O)c2nccc3c4ccccc4n1c23. The number of carboxylic acid groups (broad SMARTS) is 1. The Kier molecular flexibility index (Phi) is 2.52. The van der Waals surface area contributed by atoms with Gasteiger partial charge in [-0.3, -0.25) is 4.98 Å². The van der Waals surface area contributed by atoms with E-state index in [-0.39, 0.29) is 17.0 Å². The molecule has 1 atom stereocenters. The van der Waals surface area contributed by atoms with Crippen LogP contribution < -0.4 is 0 Å². The summed E-state index contributed by atoms with van der Waals surface area (Å²) >= 11 is 0. The van der Waals surface area contributed by atoms with Crippen molar-refractivity contribution < 1.29 is 19.7 Å². The quantitative estimate of drug-likeness (QED) is 0.759. The van der Waals surface area contributed by atoms with Crippen LogP contribution in [0.1, 0.15) is 11.9 Å². The summed E-state index contributed by atoms with van der Waals surface area (Å²) in [5.74, 6) is -1.57. The average Bonchev–Trinajstić information content (AvgIpc) is 2.84. The van der Waals surface area contributed by atoms with Gasteiger partial charge in [0.2, 0.25) is 0 Å². The lowest BCUT2D eigenvalue weighted by atomic mass is 10.0. The number of hydrogen-bond acceptors (Lipinski definition) is 4. The molecule has 2 N–H and O–H groups in total. The van der Waals surface area contributed by atoms with Gasteiger partial charge in [-0.15, -0.1) is 0 Å². The first-order valence-corrected chi connectivity index (χ1v) is 6.72. The Morgan fingerprint density at radius 1 is 1.27 bits per heavy atom. The van der Waals surface area contributed by atoms with Gasteiger partial charge in [-0.25, -0.2) is 4.79 Å². The number of aliphatic hydroxyl groups excluding tert-OH is 1. The highest BCUT2D eigenvalue weighted by Gasteiger charge is 2.35. The number of carboxylic acids is 1. The molecule has 0 saturated heterocycles. The normalized spacial score (nSPS) is 17.4. The minimum Gasteiger partial charge on any atom is -0.507 e. The van der Waals surface area contributed by atoms with Crippen LogP contribution in [0, 0.1) is 0 Å². The van der Waals surface area contributed by atoms with E-state index in [0.717, 1.165) is 16.3 Å². The van der Waals surface area contributed by atoms with Crippen LogP contribution in [0.3, 0.4) is 0 Å². The number of rotatable bonds is 2. The van der Waals surface area contributed by atoms with E-state index in [9.17, 15) is 15.0 Å². The predicted octanol–water partition coefficient (Wildman–Crippen LogP) is 2.70. The first-order chi connectivity index (χ1) is 10.6. The van der Waals surface area contributed by atoms with E-state index in [1.807, 2.05) is 30.3 Å². The molecular weight excluding hydrogens is 284 g/mol. The average molecular weight is 296 g/mol. The molecule has 1 unspecified atom stereocenters. The van der Waals surface area contributed by atoms with Gasteiger partial charge in [0.05, 0.1) is 11.0 Å². The van der Waals surface area contributed by atoms with E-state index < -0.39 is 12.2 Å². The largest absolute Gasteiger partial charge is 0.507 e. The lowest BCUT2D eigenvalue weighted by Crippen LogP contribution is -2.22. The second-order valence-electron chi connectivity index (χ2n) is 5.10. The van der Waals surface area contributed by atoms with Gasteiger partial charge >= 0.3 is 5.97 Å². The number of carbonyl (C=O) groups is 1. The van der Waals surface area contributed by atoms with Gasteiger partial charge in [0.1, 0.15) is 11.3 Å². The number of pyridine rings is 1. The second-order valence-corrected chi connectivity index (χ2v) is 5.10. The maximum absolute atomic E-state index is 11.6. The molecule has 22 heavy (non-hydrogen) atoms. The fourth-order valence-electron chi connectivity index (χ4n) is 3.17.